The molecule has 5 nitrogen and oxygen atoms in total. The molecule has 0 spiro atoms. The molecule has 0 aliphatic heterocycles. The zero-order chi connectivity index (χ0) is 15.8. The average molecular weight is 300 g/mol. The molecular formula is C17H20N2O3. The van der Waals surface area contributed by atoms with Crippen LogP contribution in [-0.4, -0.2) is 23.2 Å². The van der Waals surface area contributed by atoms with Crippen molar-refractivity contribution in [2.75, 3.05) is 0 Å². The molecular weight excluding hydrogens is 280 g/mol. The number of carbonyl (C=O) groups excluding carboxylic acids is 1. The number of rotatable bonds is 7. The molecule has 2 atom stereocenters. The second-order valence-corrected chi connectivity index (χ2v) is 5.01. The summed E-state index contributed by atoms with van der Waals surface area (Å²) >= 11 is 0. The van der Waals surface area contributed by atoms with Crippen LogP contribution in [0.2, 0.25) is 0 Å². The van der Waals surface area contributed by atoms with Crippen LogP contribution in [0.1, 0.15) is 12.0 Å². The minimum Gasteiger partial charge on any atom is -0.381 e. The number of hydrogen-bond donors (Lipinski definition) is 3. The van der Waals surface area contributed by atoms with Crippen LogP contribution >= 0.6 is 0 Å². The molecule has 0 heterocycles. The van der Waals surface area contributed by atoms with Gasteiger partial charge in [0.15, 0.2) is 11.9 Å². The molecule has 0 radical (unpaired) electrons. The molecule has 0 aromatic heterocycles. The van der Waals surface area contributed by atoms with Gasteiger partial charge < -0.3 is 15.7 Å². The van der Waals surface area contributed by atoms with E-state index < -0.39 is 18.1 Å². The quantitative estimate of drug-likeness (QED) is 0.675. The largest absolute Gasteiger partial charge is 0.381 e. The number of amides is 1. The first kappa shape index (κ1) is 16.0. The lowest BCUT2D eigenvalue weighted by atomic mass is 10.0. The highest BCUT2D eigenvalue weighted by molar-refractivity contribution is 5.80. The van der Waals surface area contributed by atoms with Crippen molar-refractivity contribution in [3.63, 3.8) is 0 Å². The smallest absolute Gasteiger partial charge is 0.282 e. The van der Waals surface area contributed by atoms with E-state index in [-0.39, 0.29) is 0 Å². The van der Waals surface area contributed by atoms with E-state index in [1.54, 1.807) is 24.3 Å². The monoisotopic (exact) mass is 300 g/mol. The van der Waals surface area contributed by atoms with Crippen molar-refractivity contribution < 1.29 is 14.7 Å². The molecule has 4 N–H and O–H groups in total. The van der Waals surface area contributed by atoms with Crippen LogP contribution in [0.5, 0.6) is 5.75 Å². The van der Waals surface area contributed by atoms with Gasteiger partial charge in [-0.05, 0) is 30.5 Å². The Hall–Kier alpha value is -2.37. The zero-order valence-corrected chi connectivity index (χ0v) is 12.2. The normalized spacial score (nSPS) is 13.2. The summed E-state index contributed by atoms with van der Waals surface area (Å²) in [7, 11) is 0. The van der Waals surface area contributed by atoms with E-state index in [9.17, 15) is 9.90 Å². The van der Waals surface area contributed by atoms with Gasteiger partial charge in [-0.25, -0.2) is 0 Å². The maximum Gasteiger partial charge on any atom is 0.282 e. The van der Waals surface area contributed by atoms with Gasteiger partial charge in [-0.15, -0.1) is 0 Å². The number of para-hydroxylation sites is 1. The Morgan fingerprint density at radius 3 is 2.32 bits per heavy atom. The van der Waals surface area contributed by atoms with Gasteiger partial charge in [0, 0.05) is 6.04 Å². The van der Waals surface area contributed by atoms with Crippen LogP contribution in [0, 0.1) is 0 Å². The summed E-state index contributed by atoms with van der Waals surface area (Å²) in [4.78, 5) is 16.9. The summed E-state index contributed by atoms with van der Waals surface area (Å²) in [5.41, 5.74) is 9.19. The van der Waals surface area contributed by atoms with E-state index >= 15 is 0 Å². The number of benzene rings is 2. The molecule has 0 aliphatic carbocycles. The second-order valence-electron chi connectivity index (χ2n) is 5.01. The first-order chi connectivity index (χ1) is 10.7. The molecule has 2 rings (SSSR count). The lowest BCUT2D eigenvalue weighted by Crippen LogP contribution is -2.47. The third-order valence-electron chi connectivity index (χ3n) is 3.30. The number of nitrogens with two attached hydrogens (primary N) is 1. The van der Waals surface area contributed by atoms with Crippen LogP contribution in [0.4, 0.5) is 0 Å². The standard InChI is InChI=1S/C17H20N2O3/c18-15(12-11-13-7-3-1-4-8-13)16(20)17(21)19-22-14-9-5-2-6-10-14/h1-10,15-16,20H,11-12,18H2,(H,19,21)/t15-,16+/m1/s1. The number of aliphatic hydroxyl groups is 1. The highest BCUT2D eigenvalue weighted by atomic mass is 16.7. The Bertz CT molecular complexity index is 575. The summed E-state index contributed by atoms with van der Waals surface area (Å²) in [5, 5.41) is 9.93. The van der Waals surface area contributed by atoms with Crippen molar-refractivity contribution in [2.45, 2.75) is 25.0 Å². The zero-order valence-electron chi connectivity index (χ0n) is 12.2. The van der Waals surface area contributed by atoms with Crippen LogP contribution in [0.15, 0.2) is 60.7 Å². The summed E-state index contributed by atoms with van der Waals surface area (Å²) in [5.74, 6) is -0.162. The summed E-state index contributed by atoms with van der Waals surface area (Å²) in [6.45, 7) is 0. The summed E-state index contributed by atoms with van der Waals surface area (Å²) < 4.78 is 0. The van der Waals surface area contributed by atoms with E-state index in [4.69, 9.17) is 10.6 Å². The highest BCUT2D eigenvalue weighted by Crippen LogP contribution is 2.08. The summed E-state index contributed by atoms with van der Waals surface area (Å²) in [6, 6.07) is 17.9. The Kier molecular flexibility index (Phi) is 5.94. The van der Waals surface area contributed by atoms with Gasteiger partial charge in [0.05, 0.1) is 0 Å². The van der Waals surface area contributed by atoms with Gasteiger partial charge >= 0.3 is 0 Å². The maximum absolute atomic E-state index is 11.8. The molecule has 0 bridgehead atoms. The van der Waals surface area contributed by atoms with Crippen molar-refractivity contribution in [1.82, 2.24) is 5.48 Å². The van der Waals surface area contributed by atoms with Crippen LogP contribution in [0.25, 0.3) is 0 Å². The van der Waals surface area contributed by atoms with Crippen molar-refractivity contribution in [3.05, 3.63) is 66.2 Å². The van der Waals surface area contributed by atoms with Crippen molar-refractivity contribution in [1.29, 1.82) is 0 Å². The fourth-order valence-corrected chi connectivity index (χ4v) is 1.99. The fourth-order valence-electron chi connectivity index (χ4n) is 1.99. The maximum atomic E-state index is 11.8. The van der Waals surface area contributed by atoms with Gasteiger partial charge in [0.25, 0.3) is 5.91 Å². The topological polar surface area (TPSA) is 84.6 Å². The van der Waals surface area contributed by atoms with E-state index in [0.29, 0.717) is 18.6 Å². The SMILES string of the molecule is N[C@H](CCc1ccccc1)[C@H](O)C(=O)NOc1ccccc1. The van der Waals surface area contributed by atoms with Crippen LogP contribution in [0.3, 0.4) is 0 Å². The third-order valence-corrected chi connectivity index (χ3v) is 3.30. The lowest BCUT2D eigenvalue weighted by molar-refractivity contribution is -0.137. The molecule has 116 valence electrons. The Morgan fingerprint density at radius 1 is 1.09 bits per heavy atom. The van der Waals surface area contributed by atoms with Crippen LogP contribution < -0.4 is 16.1 Å². The molecule has 5 heteroatoms. The van der Waals surface area contributed by atoms with E-state index in [1.165, 1.54) is 0 Å². The number of nitrogens with one attached hydrogen (secondary N) is 1. The fraction of sp³-hybridized carbons (Fsp3) is 0.235. The number of hydroxylamine groups is 1. The van der Waals surface area contributed by atoms with Gasteiger partial charge in [-0.1, -0.05) is 48.5 Å². The molecule has 1 amide bonds. The average Bonchev–Trinajstić information content (AvgIpc) is 2.58. The van der Waals surface area contributed by atoms with Crippen molar-refractivity contribution in [2.24, 2.45) is 5.73 Å². The first-order valence-electron chi connectivity index (χ1n) is 7.16. The third kappa shape index (κ3) is 4.87. The highest BCUT2D eigenvalue weighted by Gasteiger charge is 2.23. The minimum atomic E-state index is -1.31. The lowest BCUT2D eigenvalue weighted by Gasteiger charge is -2.18. The van der Waals surface area contributed by atoms with E-state index in [0.717, 1.165) is 5.56 Å². The molecule has 0 fully saturated rings. The molecule has 0 unspecified atom stereocenters. The number of aliphatic hydroxyl groups excluding tert-OH is 1. The first-order valence-corrected chi connectivity index (χ1v) is 7.16. The molecule has 0 saturated heterocycles. The predicted octanol–water partition coefficient (Wildman–Crippen LogP) is 1.42. The summed E-state index contributed by atoms with van der Waals surface area (Å²) in [6.07, 6.45) is -0.108. The minimum absolute atomic E-state index is 0.487. The van der Waals surface area contributed by atoms with Crippen molar-refractivity contribution >= 4 is 5.91 Å². The van der Waals surface area contributed by atoms with E-state index in [1.807, 2.05) is 36.4 Å². The number of hydrogen-bond acceptors (Lipinski definition) is 4. The van der Waals surface area contributed by atoms with Gasteiger partial charge in [0.2, 0.25) is 0 Å². The molecule has 2 aromatic rings. The predicted molar refractivity (Wildman–Crippen MR) is 84.0 cm³/mol. The number of aryl methyl sites for hydroxylation is 1. The van der Waals surface area contributed by atoms with Gasteiger partial charge in [-0.3, -0.25) is 4.79 Å². The molecule has 22 heavy (non-hydrogen) atoms. The Balaban J connectivity index is 1.77. The molecule has 0 saturated carbocycles. The van der Waals surface area contributed by atoms with Gasteiger partial charge in [-0.2, -0.15) is 5.48 Å². The number of carbonyl (C=O) groups is 1. The van der Waals surface area contributed by atoms with Crippen molar-refractivity contribution in [3.8, 4) is 5.75 Å². The Labute approximate surface area is 129 Å². The molecule has 2 aromatic carbocycles. The molecule has 0 aliphatic rings. The van der Waals surface area contributed by atoms with Gasteiger partial charge in [0.1, 0.15) is 0 Å². The Morgan fingerprint density at radius 2 is 1.68 bits per heavy atom. The second kappa shape index (κ2) is 8.17. The van der Waals surface area contributed by atoms with E-state index in [2.05, 4.69) is 5.48 Å². The van der Waals surface area contributed by atoms with Crippen LogP contribution in [-0.2, 0) is 11.2 Å².